The van der Waals surface area contributed by atoms with Gasteiger partial charge in [0.25, 0.3) is 23.6 Å². The summed E-state index contributed by atoms with van der Waals surface area (Å²) in [6, 6.07) is 17.2. The number of H-pyrrole nitrogens is 1. The number of nitrogens with zero attached hydrogens (tertiary/aromatic N) is 4. The topological polar surface area (TPSA) is 210 Å². The molecule has 19 heteroatoms. The average molecular weight is 926 g/mol. The molecule has 3 aromatic carbocycles. The molecule has 6 N–H and O–H groups in total. The highest BCUT2D eigenvalue weighted by Crippen LogP contribution is 2.35. The second kappa shape index (κ2) is 21.2. The molecule has 0 saturated carbocycles. The number of fused-ring (bicyclic) bond motifs is 1. The van der Waals surface area contributed by atoms with Crippen molar-refractivity contribution in [2.24, 2.45) is 0 Å². The third-order valence-electron chi connectivity index (χ3n) is 12.4. The molecule has 3 aliphatic rings. The highest BCUT2D eigenvalue weighted by Gasteiger charge is 2.47. The number of unbranched alkanes of at least 4 members (excludes halogenated alkanes) is 4. The van der Waals surface area contributed by atoms with Gasteiger partial charge in [-0.05, 0) is 66.3 Å². The van der Waals surface area contributed by atoms with E-state index in [4.69, 9.17) is 5.73 Å². The van der Waals surface area contributed by atoms with Crippen molar-refractivity contribution in [1.82, 2.24) is 29.9 Å². The predicted molar refractivity (Wildman–Crippen MR) is 245 cm³/mol. The molecular weight excluding hydrogens is 872 g/mol. The molecule has 0 bridgehead atoms. The van der Waals surface area contributed by atoms with Crippen molar-refractivity contribution in [2.75, 3.05) is 69.2 Å². The summed E-state index contributed by atoms with van der Waals surface area (Å²) in [5, 5.41) is 8.79. The van der Waals surface area contributed by atoms with E-state index in [1.165, 1.54) is 7.05 Å². The number of nitrogens with one attached hydrogen (secondary N) is 4. The average Bonchev–Trinajstić information content (AvgIpc) is 3.56. The van der Waals surface area contributed by atoms with Gasteiger partial charge >= 0.3 is 6.18 Å². The quantitative estimate of drug-likeness (QED) is 0.0490. The largest absolute Gasteiger partial charge is 0.417 e. The van der Waals surface area contributed by atoms with Crippen LogP contribution in [0.25, 0.3) is 11.1 Å². The van der Waals surface area contributed by atoms with Crippen LogP contribution >= 0.6 is 0 Å². The molecule has 16 nitrogen and oxygen atoms in total. The number of piperazine rings is 1. The van der Waals surface area contributed by atoms with E-state index in [9.17, 15) is 46.7 Å². The van der Waals surface area contributed by atoms with E-state index in [1.54, 1.807) is 36.4 Å². The summed E-state index contributed by atoms with van der Waals surface area (Å²) in [6.45, 7) is 5.96. The fourth-order valence-electron chi connectivity index (χ4n) is 8.68. The molecule has 0 spiro atoms. The molecule has 2 fully saturated rings. The van der Waals surface area contributed by atoms with E-state index in [0.717, 1.165) is 92.0 Å². The molecule has 4 aromatic rings. The van der Waals surface area contributed by atoms with Crippen molar-refractivity contribution in [3.63, 3.8) is 0 Å². The van der Waals surface area contributed by atoms with Crippen LogP contribution in [0.3, 0.4) is 0 Å². The van der Waals surface area contributed by atoms with Crippen LogP contribution in [-0.2, 0) is 27.1 Å². The summed E-state index contributed by atoms with van der Waals surface area (Å²) in [7, 11) is 1.36. The van der Waals surface area contributed by atoms with Crippen LogP contribution in [0.4, 0.5) is 30.2 Å². The zero-order valence-corrected chi connectivity index (χ0v) is 37.2. The van der Waals surface area contributed by atoms with Gasteiger partial charge in [0.1, 0.15) is 6.04 Å². The Labute approximate surface area is 385 Å². The number of piperidine rings is 1. The lowest BCUT2D eigenvalue weighted by Crippen LogP contribution is -2.54. The van der Waals surface area contributed by atoms with Gasteiger partial charge in [0, 0.05) is 90.2 Å². The molecule has 0 radical (unpaired) electrons. The molecule has 2 saturated heterocycles. The molecule has 67 heavy (non-hydrogen) atoms. The fourth-order valence-corrected chi connectivity index (χ4v) is 8.68. The first-order chi connectivity index (χ1) is 32.1. The molecule has 7 rings (SSSR count). The lowest BCUT2D eigenvalue weighted by molar-refractivity contribution is -0.149. The standard InChI is InChI=1S/C48H54F3N9O7/c1-57-42(63)17-16-39(46(57)66)60-45(65)33-11-8-12-37(43(33)47(60)67)53-18-6-4-2-3-5-13-40(61)54-19-20-58-21-23-59(24-22-58)29-30-9-7-10-31(25-30)32-14-15-36(52)38(26-32)56-44(64)34-28-55-41(62)27-35(34)48(49,50)51/h7-12,14-15,25-28,39,53H,2-6,13,16-24,29,52H2,1H3,(H,54,61)(H,55,62)(H,56,64). The number of benzene rings is 3. The first-order valence-electron chi connectivity index (χ1n) is 22.5. The second-order valence-electron chi connectivity index (χ2n) is 17.0. The van der Waals surface area contributed by atoms with Crippen LogP contribution in [0, 0.1) is 0 Å². The number of hydrogen-bond donors (Lipinski definition) is 5. The van der Waals surface area contributed by atoms with Crippen LogP contribution in [0.5, 0.6) is 0 Å². The summed E-state index contributed by atoms with van der Waals surface area (Å²) in [4.78, 5) is 97.1. The smallest absolute Gasteiger partial charge is 0.397 e. The van der Waals surface area contributed by atoms with E-state index < -0.39 is 52.5 Å². The van der Waals surface area contributed by atoms with E-state index in [-0.39, 0.29) is 47.2 Å². The maximum atomic E-state index is 13.6. The molecule has 4 heterocycles. The number of rotatable bonds is 18. The highest BCUT2D eigenvalue weighted by atomic mass is 19.4. The number of aromatic nitrogens is 1. The SMILES string of the molecule is CN1C(=O)CCC(N2C(=O)c3cccc(NCCCCCCCC(=O)NCCN4CCN(Cc5cccc(-c6ccc(N)c(NC(=O)c7c[nH]c(=O)cc7C(F)(F)F)c6)c5)CC4)c3C2=O)C1=O. The Morgan fingerprint density at radius 1 is 0.806 bits per heavy atom. The van der Waals surface area contributed by atoms with Gasteiger partial charge in [-0.25, -0.2) is 0 Å². The number of carbonyl (C=O) groups excluding carboxylic acids is 6. The monoisotopic (exact) mass is 925 g/mol. The minimum Gasteiger partial charge on any atom is -0.397 e. The van der Waals surface area contributed by atoms with Crippen molar-refractivity contribution in [2.45, 2.75) is 70.1 Å². The van der Waals surface area contributed by atoms with E-state index >= 15 is 0 Å². The summed E-state index contributed by atoms with van der Waals surface area (Å²) < 4.78 is 40.7. The first kappa shape index (κ1) is 48.1. The number of hydrogen-bond acceptors (Lipinski definition) is 11. The molecule has 3 aliphatic heterocycles. The van der Waals surface area contributed by atoms with Crippen molar-refractivity contribution >= 4 is 52.5 Å². The number of alkyl halides is 3. The Bertz CT molecular complexity index is 2590. The Kier molecular flexibility index (Phi) is 15.2. The number of likely N-dealkylation sites (N-methyl/N-ethyl adjacent to an activating group) is 1. The zero-order chi connectivity index (χ0) is 47.8. The summed E-state index contributed by atoms with van der Waals surface area (Å²) in [5.74, 6) is -2.99. The van der Waals surface area contributed by atoms with Crippen LogP contribution in [0.15, 0.2) is 77.7 Å². The number of aromatic amines is 1. The minimum absolute atomic E-state index is 0.0273. The van der Waals surface area contributed by atoms with Gasteiger partial charge in [-0.15, -0.1) is 0 Å². The van der Waals surface area contributed by atoms with Crippen molar-refractivity contribution < 1.29 is 41.9 Å². The highest BCUT2D eigenvalue weighted by molar-refractivity contribution is 6.25. The molecule has 0 aliphatic carbocycles. The summed E-state index contributed by atoms with van der Waals surface area (Å²) in [6.07, 6.45) is 0.838. The van der Waals surface area contributed by atoms with Crippen molar-refractivity contribution in [1.29, 1.82) is 0 Å². The lowest BCUT2D eigenvalue weighted by atomic mass is 10.0. The second-order valence-corrected chi connectivity index (χ2v) is 17.0. The number of imide groups is 2. The van der Waals surface area contributed by atoms with Gasteiger partial charge in [-0.2, -0.15) is 13.2 Å². The molecule has 6 amide bonds. The van der Waals surface area contributed by atoms with Gasteiger partial charge in [0.05, 0.1) is 33.6 Å². The Morgan fingerprint density at radius 2 is 1.52 bits per heavy atom. The van der Waals surface area contributed by atoms with Crippen LogP contribution in [0.1, 0.15) is 93.6 Å². The third-order valence-corrected chi connectivity index (χ3v) is 12.4. The van der Waals surface area contributed by atoms with E-state index in [1.807, 2.05) is 24.3 Å². The van der Waals surface area contributed by atoms with Gasteiger partial charge in [-0.3, -0.25) is 53.2 Å². The number of anilines is 3. The maximum absolute atomic E-state index is 13.6. The van der Waals surface area contributed by atoms with E-state index in [2.05, 4.69) is 30.7 Å². The number of likely N-dealkylation sites (tertiary alicyclic amines) is 1. The van der Waals surface area contributed by atoms with Gasteiger partial charge in [0.2, 0.25) is 17.4 Å². The number of nitrogens with two attached hydrogens (primary N) is 1. The molecule has 1 aromatic heterocycles. The summed E-state index contributed by atoms with van der Waals surface area (Å²) in [5.41, 5.74) is 6.95. The van der Waals surface area contributed by atoms with Crippen LogP contribution < -0.4 is 27.2 Å². The van der Waals surface area contributed by atoms with Crippen LogP contribution in [0.2, 0.25) is 0 Å². The molecule has 354 valence electrons. The molecule has 1 unspecified atom stereocenters. The summed E-state index contributed by atoms with van der Waals surface area (Å²) >= 11 is 0. The first-order valence-corrected chi connectivity index (χ1v) is 22.5. The number of amides is 6. The Hall–Kier alpha value is -6.86. The number of pyridine rings is 1. The molecular formula is C48H54F3N9O7. The van der Waals surface area contributed by atoms with Crippen molar-refractivity contribution in [3.8, 4) is 11.1 Å². The van der Waals surface area contributed by atoms with Crippen LogP contribution in [-0.4, -0.2) is 119 Å². The normalized spacial score (nSPS) is 16.9. The fraction of sp³-hybridized carbons (Fsp3) is 0.396. The number of halogens is 3. The lowest BCUT2D eigenvalue weighted by Gasteiger charge is -2.34. The third kappa shape index (κ3) is 11.6. The zero-order valence-electron chi connectivity index (χ0n) is 37.2. The number of carbonyl (C=O) groups is 6. The number of nitrogen functional groups attached to an aromatic ring is 1. The maximum Gasteiger partial charge on any atom is 0.417 e. The van der Waals surface area contributed by atoms with Gasteiger partial charge < -0.3 is 26.7 Å². The Morgan fingerprint density at radius 3 is 2.30 bits per heavy atom. The molecule has 1 atom stereocenters. The van der Waals surface area contributed by atoms with E-state index in [0.29, 0.717) is 43.4 Å². The minimum atomic E-state index is -4.91. The van der Waals surface area contributed by atoms with Gasteiger partial charge in [0.15, 0.2) is 0 Å². The predicted octanol–water partition coefficient (Wildman–Crippen LogP) is 5.33. The Balaban J connectivity index is 0.766. The van der Waals surface area contributed by atoms with Gasteiger partial charge in [-0.1, -0.05) is 49.6 Å². The van der Waals surface area contributed by atoms with Crippen molar-refractivity contribution in [3.05, 3.63) is 111 Å².